The molecule has 0 spiro atoms. The zero-order valence-electron chi connectivity index (χ0n) is 15.0. The zero-order valence-corrected chi connectivity index (χ0v) is 15.0. The molecule has 0 saturated heterocycles. The van der Waals surface area contributed by atoms with Gasteiger partial charge in [0.1, 0.15) is 12.6 Å². The molecule has 130 valence electrons. The van der Waals surface area contributed by atoms with Crippen LogP contribution in [0.4, 0.5) is 0 Å². The van der Waals surface area contributed by atoms with E-state index in [1.54, 1.807) is 0 Å². The smallest absolute Gasteiger partial charge is 0.120 e. The first-order valence-corrected chi connectivity index (χ1v) is 9.35. The average molecular weight is 311 g/mol. The number of hydrogen-bond donors (Lipinski definition) is 0. The van der Waals surface area contributed by atoms with Crippen molar-refractivity contribution in [3.05, 3.63) is 12.2 Å². The first-order chi connectivity index (χ1) is 10.8. The van der Waals surface area contributed by atoms with E-state index in [1.165, 1.54) is 64.2 Å². The molecule has 0 aliphatic heterocycles. The standard InChI is InChI=1S/C10H20O.C10H18O/c2*1-2-3-4-5-6-7-8-9-10-11/h10H,2-9H2,1H3;6-7,10H,2-5,8-9H2,1H3. The third-order valence-corrected chi connectivity index (χ3v) is 3.52. The molecule has 0 aliphatic carbocycles. The number of carbonyl (C=O) groups is 2. The number of hydrogen-bond acceptors (Lipinski definition) is 2. The van der Waals surface area contributed by atoms with Crippen molar-refractivity contribution in [2.24, 2.45) is 0 Å². The Balaban J connectivity index is 0. The SMILES string of the molecule is CCCCCC=CCCC=O.CCCCCCCCCC=O. The molecular weight excluding hydrogens is 272 g/mol. The average Bonchev–Trinajstić information content (AvgIpc) is 2.54. The summed E-state index contributed by atoms with van der Waals surface area (Å²) in [5.74, 6) is 0. The van der Waals surface area contributed by atoms with Crippen LogP contribution in [0, 0.1) is 0 Å². The number of allylic oxidation sites excluding steroid dienone is 2. The minimum absolute atomic E-state index is 0.671. The fourth-order valence-corrected chi connectivity index (χ4v) is 2.10. The van der Waals surface area contributed by atoms with Gasteiger partial charge in [-0.3, -0.25) is 0 Å². The summed E-state index contributed by atoms with van der Waals surface area (Å²) in [5, 5.41) is 0. The van der Waals surface area contributed by atoms with Gasteiger partial charge in [0.15, 0.2) is 0 Å². The normalized spacial score (nSPS) is 10.3. The van der Waals surface area contributed by atoms with Crippen LogP contribution in [-0.2, 0) is 9.59 Å². The maximum Gasteiger partial charge on any atom is 0.120 e. The minimum atomic E-state index is 0.671. The van der Waals surface area contributed by atoms with Gasteiger partial charge in [0.2, 0.25) is 0 Å². The van der Waals surface area contributed by atoms with Crippen LogP contribution >= 0.6 is 0 Å². The molecule has 0 saturated carbocycles. The van der Waals surface area contributed by atoms with Crippen molar-refractivity contribution in [2.75, 3.05) is 0 Å². The highest BCUT2D eigenvalue weighted by molar-refractivity contribution is 5.49. The lowest BCUT2D eigenvalue weighted by Crippen LogP contribution is -1.80. The summed E-state index contributed by atoms with van der Waals surface area (Å²) in [5.41, 5.74) is 0. The largest absolute Gasteiger partial charge is 0.303 e. The topological polar surface area (TPSA) is 34.1 Å². The highest BCUT2D eigenvalue weighted by atomic mass is 16.1. The number of rotatable bonds is 15. The quantitative estimate of drug-likeness (QED) is 0.198. The monoisotopic (exact) mass is 310 g/mol. The number of unbranched alkanes of at least 4 members (excludes halogenated alkanes) is 11. The van der Waals surface area contributed by atoms with Crippen molar-refractivity contribution in [2.45, 2.75) is 104 Å². The second kappa shape index (κ2) is 25.1. The minimum Gasteiger partial charge on any atom is -0.303 e. The molecule has 0 amide bonds. The summed E-state index contributed by atoms with van der Waals surface area (Å²) >= 11 is 0. The molecule has 0 fully saturated rings. The van der Waals surface area contributed by atoms with E-state index < -0.39 is 0 Å². The molecule has 0 unspecified atom stereocenters. The summed E-state index contributed by atoms with van der Waals surface area (Å²) in [6.07, 6.45) is 22.7. The van der Waals surface area contributed by atoms with Gasteiger partial charge in [-0.25, -0.2) is 0 Å². The second-order valence-electron chi connectivity index (χ2n) is 5.79. The van der Waals surface area contributed by atoms with Crippen molar-refractivity contribution >= 4 is 12.6 Å². The molecule has 0 radical (unpaired) electrons. The molecule has 0 bridgehead atoms. The number of carbonyl (C=O) groups excluding carboxylic acids is 2. The van der Waals surface area contributed by atoms with Gasteiger partial charge in [0.05, 0.1) is 0 Å². The van der Waals surface area contributed by atoms with Crippen LogP contribution in [0.15, 0.2) is 12.2 Å². The van der Waals surface area contributed by atoms with Crippen molar-refractivity contribution in [1.29, 1.82) is 0 Å². The maximum absolute atomic E-state index is 9.94. The van der Waals surface area contributed by atoms with Crippen molar-refractivity contribution in [3.63, 3.8) is 0 Å². The van der Waals surface area contributed by atoms with Gasteiger partial charge < -0.3 is 9.59 Å². The predicted molar refractivity (Wildman–Crippen MR) is 97.3 cm³/mol. The van der Waals surface area contributed by atoms with E-state index in [0.717, 1.165) is 31.8 Å². The van der Waals surface area contributed by atoms with Gasteiger partial charge in [-0.05, 0) is 25.7 Å². The van der Waals surface area contributed by atoms with Crippen molar-refractivity contribution < 1.29 is 9.59 Å². The second-order valence-corrected chi connectivity index (χ2v) is 5.79. The lowest BCUT2D eigenvalue weighted by Gasteiger charge is -1.97. The van der Waals surface area contributed by atoms with Crippen LogP contribution in [0.25, 0.3) is 0 Å². The first kappa shape index (κ1) is 23.3. The molecule has 0 N–H and O–H groups in total. The third-order valence-electron chi connectivity index (χ3n) is 3.52. The maximum atomic E-state index is 9.94. The lowest BCUT2D eigenvalue weighted by molar-refractivity contribution is -0.108. The Labute approximate surface area is 138 Å². The Hall–Kier alpha value is -0.920. The Morgan fingerprint density at radius 2 is 0.955 bits per heavy atom. The van der Waals surface area contributed by atoms with Gasteiger partial charge in [-0.15, -0.1) is 0 Å². The number of aldehydes is 2. The highest BCUT2D eigenvalue weighted by Crippen LogP contribution is 2.07. The zero-order chi connectivity index (χ0) is 16.7. The van der Waals surface area contributed by atoms with E-state index >= 15 is 0 Å². The first-order valence-electron chi connectivity index (χ1n) is 9.35. The van der Waals surface area contributed by atoms with E-state index in [-0.39, 0.29) is 0 Å². The molecule has 0 atom stereocenters. The van der Waals surface area contributed by atoms with E-state index in [1.807, 2.05) is 0 Å². The lowest BCUT2D eigenvalue weighted by atomic mass is 10.1. The highest BCUT2D eigenvalue weighted by Gasteiger charge is 1.89. The van der Waals surface area contributed by atoms with Crippen LogP contribution in [0.1, 0.15) is 104 Å². The Morgan fingerprint density at radius 3 is 1.55 bits per heavy atom. The molecule has 0 aromatic carbocycles. The van der Waals surface area contributed by atoms with Crippen LogP contribution in [0.5, 0.6) is 0 Å². The summed E-state index contributed by atoms with van der Waals surface area (Å²) < 4.78 is 0. The van der Waals surface area contributed by atoms with Crippen LogP contribution in [0.2, 0.25) is 0 Å². The van der Waals surface area contributed by atoms with Crippen LogP contribution < -0.4 is 0 Å². The van der Waals surface area contributed by atoms with E-state index in [0.29, 0.717) is 6.42 Å². The molecule has 2 heteroatoms. The molecule has 0 aliphatic rings. The van der Waals surface area contributed by atoms with Crippen molar-refractivity contribution in [1.82, 2.24) is 0 Å². The molecular formula is C20H38O2. The predicted octanol–water partition coefficient (Wildman–Crippen LogP) is 6.43. The summed E-state index contributed by atoms with van der Waals surface area (Å²) in [6.45, 7) is 4.43. The summed E-state index contributed by atoms with van der Waals surface area (Å²) in [7, 11) is 0. The van der Waals surface area contributed by atoms with Crippen LogP contribution in [0.3, 0.4) is 0 Å². The Morgan fingerprint density at radius 1 is 0.500 bits per heavy atom. The molecule has 2 nitrogen and oxygen atoms in total. The fourth-order valence-electron chi connectivity index (χ4n) is 2.10. The third kappa shape index (κ3) is 27.4. The van der Waals surface area contributed by atoms with Gasteiger partial charge in [0, 0.05) is 12.8 Å². The molecule has 22 heavy (non-hydrogen) atoms. The van der Waals surface area contributed by atoms with Crippen molar-refractivity contribution in [3.8, 4) is 0 Å². The molecule has 0 aromatic rings. The Kier molecular flexibility index (Phi) is 26.6. The van der Waals surface area contributed by atoms with Gasteiger partial charge in [0.25, 0.3) is 0 Å². The van der Waals surface area contributed by atoms with Gasteiger partial charge in [-0.1, -0.05) is 77.4 Å². The summed E-state index contributed by atoms with van der Waals surface area (Å²) in [6, 6.07) is 0. The van der Waals surface area contributed by atoms with E-state index in [4.69, 9.17) is 0 Å². The molecule has 0 heterocycles. The summed E-state index contributed by atoms with van der Waals surface area (Å²) in [4.78, 5) is 19.8. The van der Waals surface area contributed by atoms with E-state index in [2.05, 4.69) is 26.0 Å². The van der Waals surface area contributed by atoms with Crippen LogP contribution in [-0.4, -0.2) is 12.6 Å². The van der Waals surface area contributed by atoms with Gasteiger partial charge >= 0.3 is 0 Å². The van der Waals surface area contributed by atoms with E-state index in [9.17, 15) is 9.59 Å². The molecule has 0 aromatic heterocycles. The Bertz CT molecular complexity index is 234. The van der Waals surface area contributed by atoms with Gasteiger partial charge in [-0.2, -0.15) is 0 Å². The fraction of sp³-hybridized carbons (Fsp3) is 0.800. The molecule has 0 rings (SSSR count).